The van der Waals surface area contributed by atoms with Gasteiger partial charge in [0.1, 0.15) is 0 Å². The number of carbonyl (C=O) groups is 2. The molecule has 0 heterocycles. The number of benzene rings is 1. The molecular formula is C12H11BrN2O2. The van der Waals surface area contributed by atoms with E-state index in [1.165, 1.54) is 6.92 Å². The SMILES string of the molecule is CC(=O)NC(=O)c1cc(Br)ccc1CCC#N. The van der Waals surface area contributed by atoms with Crippen molar-refractivity contribution in [2.24, 2.45) is 0 Å². The maximum absolute atomic E-state index is 11.8. The zero-order chi connectivity index (χ0) is 12.8. The maximum Gasteiger partial charge on any atom is 0.258 e. The van der Waals surface area contributed by atoms with Gasteiger partial charge in [0.2, 0.25) is 5.91 Å². The van der Waals surface area contributed by atoms with Gasteiger partial charge in [-0.2, -0.15) is 5.26 Å². The molecule has 0 saturated heterocycles. The molecule has 5 heteroatoms. The standard InChI is InChI=1S/C12H11BrN2O2/c1-8(16)15-12(17)11-7-10(13)5-4-9(11)3-2-6-14/h4-5,7H,2-3H2,1H3,(H,15,16,17). The van der Waals surface area contributed by atoms with Crippen LogP contribution in [-0.4, -0.2) is 11.8 Å². The van der Waals surface area contributed by atoms with Crippen molar-refractivity contribution in [2.75, 3.05) is 0 Å². The zero-order valence-corrected chi connectivity index (χ0v) is 10.9. The third-order valence-electron chi connectivity index (χ3n) is 2.11. The topological polar surface area (TPSA) is 70.0 Å². The Balaban J connectivity index is 3.02. The van der Waals surface area contributed by atoms with Crippen LogP contribution in [-0.2, 0) is 11.2 Å². The molecule has 1 N–H and O–H groups in total. The van der Waals surface area contributed by atoms with E-state index in [2.05, 4.69) is 21.2 Å². The number of imide groups is 1. The van der Waals surface area contributed by atoms with Crippen molar-refractivity contribution in [1.29, 1.82) is 5.26 Å². The van der Waals surface area contributed by atoms with E-state index in [0.717, 1.165) is 10.0 Å². The van der Waals surface area contributed by atoms with Gasteiger partial charge in [-0.1, -0.05) is 22.0 Å². The molecule has 0 atom stereocenters. The van der Waals surface area contributed by atoms with E-state index in [9.17, 15) is 9.59 Å². The molecule has 4 nitrogen and oxygen atoms in total. The van der Waals surface area contributed by atoms with Crippen LogP contribution in [0.25, 0.3) is 0 Å². The smallest absolute Gasteiger partial charge is 0.258 e. The van der Waals surface area contributed by atoms with Crippen LogP contribution >= 0.6 is 15.9 Å². The van der Waals surface area contributed by atoms with Crippen LogP contribution in [0.5, 0.6) is 0 Å². The summed E-state index contributed by atoms with van der Waals surface area (Å²) in [5.41, 5.74) is 1.18. The minimum absolute atomic E-state index is 0.335. The van der Waals surface area contributed by atoms with E-state index in [0.29, 0.717) is 18.4 Å². The Bertz CT molecular complexity index is 492. The highest BCUT2D eigenvalue weighted by Crippen LogP contribution is 2.18. The van der Waals surface area contributed by atoms with Crippen molar-refractivity contribution in [1.82, 2.24) is 5.32 Å². The lowest BCUT2D eigenvalue weighted by atomic mass is 10.0. The van der Waals surface area contributed by atoms with Crippen LogP contribution in [0.15, 0.2) is 22.7 Å². The summed E-state index contributed by atoms with van der Waals surface area (Å²) in [7, 11) is 0. The number of hydrogen-bond acceptors (Lipinski definition) is 3. The lowest BCUT2D eigenvalue weighted by Crippen LogP contribution is -2.28. The molecule has 2 amide bonds. The second-order valence-electron chi connectivity index (χ2n) is 3.47. The molecule has 0 aliphatic heterocycles. The molecular weight excluding hydrogens is 284 g/mol. The van der Waals surface area contributed by atoms with Crippen molar-refractivity contribution >= 4 is 27.7 Å². The second-order valence-corrected chi connectivity index (χ2v) is 4.39. The normalized spacial score (nSPS) is 9.47. The van der Waals surface area contributed by atoms with E-state index in [-0.39, 0.29) is 0 Å². The van der Waals surface area contributed by atoms with Gasteiger partial charge in [-0.15, -0.1) is 0 Å². The summed E-state index contributed by atoms with van der Waals surface area (Å²) in [5.74, 6) is -0.840. The molecule has 1 rings (SSSR count). The molecule has 88 valence electrons. The van der Waals surface area contributed by atoms with Crippen molar-refractivity contribution in [2.45, 2.75) is 19.8 Å². The highest BCUT2D eigenvalue weighted by molar-refractivity contribution is 9.10. The highest BCUT2D eigenvalue weighted by atomic mass is 79.9. The van der Waals surface area contributed by atoms with Crippen LogP contribution in [0.4, 0.5) is 0 Å². The van der Waals surface area contributed by atoms with Crippen molar-refractivity contribution < 1.29 is 9.59 Å². The molecule has 1 aromatic rings. The molecule has 0 radical (unpaired) electrons. The van der Waals surface area contributed by atoms with Crippen molar-refractivity contribution in [3.63, 3.8) is 0 Å². The quantitative estimate of drug-likeness (QED) is 0.929. The molecule has 0 aliphatic carbocycles. The van der Waals surface area contributed by atoms with Gasteiger partial charge in [-0.05, 0) is 24.1 Å². The molecule has 0 saturated carbocycles. The van der Waals surface area contributed by atoms with Gasteiger partial charge >= 0.3 is 0 Å². The van der Waals surface area contributed by atoms with Gasteiger partial charge in [-0.3, -0.25) is 14.9 Å². The minimum Gasteiger partial charge on any atom is -0.293 e. The fourth-order valence-electron chi connectivity index (χ4n) is 1.40. The fraction of sp³-hybridized carbons (Fsp3) is 0.250. The first kappa shape index (κ1) is 13.4. The van der Waals surface area contributed by atoms with Gasteiger partial charge < -0.3 is 0 Å². The summed E-state index contributed by atoms with van der Waals surface area (Å²) in [6, 6.07) is 7.25. The lowest BCUT2D eigenvalue weighted by Gasteiger charge is -2.08. The monoisotopic (exact) mass is 294 g/mol. The predicted molar refractivity (Wildman–Crippen MR) is 66.2 cm³/mol. The summed E-state index contributed by atoms with van der Waals surface area (Å²) < 4.78 is 0.756. The van der Waals surface area contributed by atoms with Gasteiger partial charge in [0.25, 0.3) is 5.91 Å². The van der Waals surface area contributed by atoms with Gasteiger partial charge in [0.15, 0.2) is 0 Å². The lowest BCUT2D eigenvalue weighted by molar-refractivity contribution is -0.118. The first-order valence-electron chi connectivity index (χ1n) is 5.02. The molecule has 1 aromatic carbocycles. The molecule has 17 heavy (non-hydrogen) atoms. The van der Waals surface area contributed by atoms with Gasteiger partial charge in [0.05, 0.1) is 6.07 Å². The summed E-state index contributed by atoms with van der Waals surface area (Å²) in [6.07, 6.45) is 0.826. The number of nitrogens with one attached hydrogen (secondary N) is 1. The van der Waals surface area contributed by atoms with Crippen molar-refractivity contribution in [3.05, 3.63) is 33.8 Å². The summed E-state index contributed by atoms with van der Waals surface area (Å²) >= 11 is 3.27. The molecule has 0 fully saturated rings. The van der Waals surface area contributed by atoms with Crippen LogP contribution in [0.3, 0.4) is 0 Å². The third-order valence-corrected chi connectivity index (χ3v) is 2.61. The Morgan fingerprint density at radius 2 is 2.18 bits per heavy atom. The molecule has 0 aromatic heterocycles. The molecule has 0 bridgehead atoms. The third kappa shape index (κ3) is 4.00. The summed E-state index contributed by atoms with van der Waals surface area (Å²) in [4.78, 5) is 22.6. The second kappa shape index (κ2) is 6.16. The molecule has 0 aliphatic rings. The fourth-order valence-corrected chi connectivity index (χ4v) is 1.76. The Morgan fingerprint density at radius 1 is 1.47 bits per heavy atom. The number of nitriles is 1. The zero-order valence-electron chi connectivity index (χ0n) is 9.29. The molecule has 0 spiro atoms. The van der Waals surface area contributed by atoms with Crippen LogP contribution in [0.2, 0.25) is 0 Å². The first-order chi connectivity index (χ1) is 8.04. The number of nitrogens with zero attached hydrogens (tertiary/aromatic N) is 1. The van der Waals surface area contributed by atoms with Crippen LogP contribution in [0, 0.1) is 11.3 Å². The predicted octanol–water partition coefficient (Wildman–Crippen LogP) is 2.18. The average Bonchev–Trinajstić information content (AvgIpc) is 2.26. The number of carbonyl (C=O) groups excluding carboxylic acids is 2. The van der Waals surface area contributed by atoms with E-state index in [1.54, 1.807) is 18.2 Å². The number of aryl methyl sites for hydroxylation is 1. The van der Waals surface area contributed by atoms with Gasteiger partial charge in [-0.25, -0.2) is 0 Å². The minimum atomic E-state index is -0.438. The van der Waals surface area contributed by atoms with Crippen LogP contribution < -0.4 is 5.32 Å². The van der Waals surface area contributed by atoms with E-state index in [1.807, 2.05) is 6.07 Å². The average molecular weight is 295 g/mol. The number of halogens is 1. The van der Waals surface area contributed by atoms with E-state index >= 15 is 0 Å². The van der Waals surface area contributed by atoms with Gasteiger partial charge in [0, 0.05) is 23.4 Å². The Hall–Kier alpha value is -1.67. The summed E-state index contributed by atoms with van der Waals surface area (Å²) in [6.45, 7) is 1.28. The van der Waals surface area contributed by atoms with E-state index in [4.69, 9.17) is 5.26 Å². The highest BCUT2D eigenvalue weighted by Gasteiger charge is 2.12. The number of amides is 2. The Kier molecular flexibility index (Phi) is 4.85. The molecule has 0 unspecified atom stereocenters. The van der Waals surface area contributed by atoms with Crippen LogP contribution in [0.1, 0.15) is 29.3 Å². The maximum atomic E-state index is 11.8. The summed E-state index contributed by atoms with van der Waals surface area (Å²) in [5, 5.41) is 10.8. The van der Waals surface area contributed by atoms with E-state index < -0.39 is 11.8 Å². The largest absolute Gasteiger partial charge is 0.293 e. The number of hydrogen-bond donors (Lipinski definition) is 1. The van der Waals surface area contributed by atoms with Crippen molar-refractivity contribution in [3.8, 4) is 6.07 Å². The number of rotatable bonds is 3. The Morgan fingerprint density at radius 3 is 2.76 bits per heavy atom. The first-order valence-corrected chi connectivity index (χ1v) is 5.81. The Labute approximate surface area is 108 Å².